The number of anilines is 1. The van der Waals surface area contributed by atoms with E-state index in [0.717, 1.165) is 12.1 Å². The fourth-order valence-corrected chi connectivity index (χ4v) is 1.66. The first-order valence-corrected chi connectivity index (χ1v) is 5.85. The smallest absolute Gasteiger partial charge is 0.258 e. The topological polar surface area (TPSA) is 46.2 Å². The van der Waals surface area contributed by atoms with E-state index in [9.17, 15) is 18.4 Å². The monoisotopic (exact) mass is 275 g/mol. The zero-order chi connectivity index (χ0) is 14.7. The highest BCUT2D eigenvalue weighted by Crippen LogP contribution is 2.14. The number of hydrogen-bond donors (Lipinski definition) is 1. The van der Waals surface area contributed by atoms with Gasteiger partial charge < -0.3 is 5.32 Å². The van der Waals surface area contributed by atoms with Crippen LogP contribution in [0.1, 0.15) is 27.6 Å². The highest BCUT2D eigenvalue weighted by molar-refractivity contribution is 6.04. The van der Waals surface area contributed by atoms with Crippen molar-refractivity contribution >= 4 is 17.4 Å². The number of halogens is 2. The number of amides is 1. The van der Waals surface area contributed by atoms with Crippen LogP contribution in [0.4, 0.5) is 14.5 Å². The molecule has 0 radical (unpaired) electrons. The summed E-state index contributed by atoms with van der Waals surface area (Å²) in [6.45, 7) is 1.43. The molecule has 0 aliphatic rings. The van der Waals surface area contributed by atoms with Crippen LogP contribution in [0.5, 0.6) is 0 Å². The van der Waals surface area contributed by atoms with Crippen molar-refractivity contribution in [2.24, 2.45) is 0 Å². The van der Waals surface area contributed by atoms with Gasteiger partial charge in [0.15, 0.2) is 5.78 Å². The zero-order valence-corrected chi connectivity index (χ0v) is 10.6. The van der Waals surface area contributed by atoms with Gasteiger partial charge in [-0.25, -0.2) is 8.78 Å². The lowest BCUT2D eigenvalue weighted by molar-refractivity contribution is 0.101. The maximum atomic E-state index is 13.4. The predicted octanol–water partition coefficient (Wildman–Crippen LogP) is 3.42. The van der Waals surface area contributed by atoms with E-state index in [2.05, 4.69) is 5.32 Å². The maximum absolute atomic E-state index is 13.4. The van der Waals surface area contributed by atoms with Gasteiger partial charge in [-0.3, -0.25) is 9.59 Å². The van der Waals surface area contributed by atoms with Crippen LogP contribution >= 0.6 is 0 Å². The van der Waals surface area contributed by atoms with E-state index in [1.165, 1.54) is 19.1 Å². The molecule has 0 unspecified atom stereocenters. The third-order valence-corrected chi connectivity index (χ3v) is 2.73. The van der Waals surface area contributed by atoms with Crippen molar-refractivity contribution < 1.29 is 18.4 Å². The van der Waals surface area contributed by atoms with Crippen LogP contribution in [0.15, 0.2) is 42.5 Å². The number of carbonyl (C=O) groups excluding carboxylic acids is 2. The minimum absolute atomic E-state index is 0.0903. The summed E-state index contributed by atoms with van der Waals surface area (Å²) < 4.78 is 26.2. The average Bonchev–Trinajstić information content (AvgIpc) is 2.39. The van der Waals surface area contributed by atoms with Gasteiger partial charge in [0.1, 0.15) is 11.6 Å². The molecule has 0 heterocycles. The first-order chi connectivity index (χ1) is 9.47. The number of rotatable bonds is 3. The van der Waals surface area contributed by atoms with Crippen LogP contribution in [-0.4, -0.2) is 11.7 Å². The molecule has 0 saturated heterocycles. The standard InChI is InChI=1S/C15H11F2NO2/c1-9(19)10-2-5-12(6-3-10)18-15(20)13-7-4-11(16)8-14(13)17/h2-8H,1H3,(H,18,20). The molecule has 0 fully saturated rings. The number of benzene rings is 2. The largest absolute Gasteiger partial charge is 0.322 e. The van der Waals surface area contributed by atoms with Crippen molar-refractivity contribution in [1.29, 1.82) is 0 Å². The third-order valence-electron chi connectivity index (χ3n) is 2.73. The summed E-state index contributed by atoms with van der Waals surface area (Å²) in [5.74, 6) is -2.45. The summed E-state index contributed by atoms with van der Waals surface area (Å²) in [4.78, 5) is 22.9. The molecule has 0 aliphatic carbocycles. The minimum Gasteiger partial charge on any atom is -0.322 e. The number of carbonyl (C=O) groups is 2. The van der Waals surface area contributed by atoms with Gasteiger partial charge in [0.05, 0.1) is 5.56 Å². The van der Waals surface area contributed by atoms with E-state index in [1.807, 2.05) is 0 Å². The Balaban J connectivity index is 2.17. The Morgan fingerprint density at radius 3 is 2.20 bits per heavy atom. The SMILES string of the molecule is CC(=O)c1ccc(NC(=O)c2ccc(F)cc2F)cc1. The second kappa shape index (κ2) is 5.61. The molecule has 20 heavy (non-hydrogen) atoms. The van der Waals surface area contributed by atoms with Gasteiger partial charge in [0.2, 0.25) is 0 Å². The molecule has 0 aromatic heterocycles. The van der Waals surface area contributed by atoms with Crippen molar-refractivity contribution in [3.63, 3.8) is 0 Å². The zero-order valence-electron chi connectivity index (χ0n) is 10.6. The van der Waals surface area contributed by atoms with Crippen LogP contribution < -0.4 is 5.32 Å². The normalized spacial score (nSPS) is 10.2. The summed E-state index contributed by atoms with van der Waals surface area (Å²) in [5.41, 5.74) is 0.682. The molecule has 0 aliphatic heterocycles. The van der Waals surface area contributed by atoms with Crippen molar-refractivity contribution in [3.8, 4) is 0 Å². The number of hydrogen-bond acceptors (Lipinski definition) is 2. The molecule has 1 N–H and O–H groups in total. The third kappa shape index (κ3) is 3.06. The summed E-state index contributed by atoms with van der Waals surface area (Å²) in [6.07, 6.45) is 0. The molecule has 2 rings (SSSR count). The molecule has 2 aromatic carbocycles. The fraction of sp³-hybridized carbons (Fsp3) is 0.0667. The molecular formula is C15H11F2NO2. The molecule has 5 heteroatoms. The molecular weight excluding hydrogens is 264 g/mol. The summed E-state index contributed by atoms with van der Waals surface area (Å²) in [6, 6.07) is 8.92. The molecule has 102 valence electrons. The number of Topliss-reactive ketones (excluding diaryl/α,β-unsaturated/α-hetero) is 1. The molecule has 0 atom stereocenters. The minimum atomic E-state index is -0.928. The van der Waals surface area contributed by atoms with Gasteiger partial charge in [-0.2, -0.15) is 0 Å². The maximum Gasteiger partial charge on any atom is 0.258 e. The van der Waals surface area contributed by atoms with Gasteiger partial charge in [-0.1, -0.05) is 0 Å². The van der Waals surface area contributed by atoms with Crippen LogP contribution in [0.2, 0.25) is 0 Å². The predicted molar refractivity (Wildman–Crippen MR) is 70.8 cm³/mol. The van der Waals surface area contributed by atoms with Crippen molar-refractivity contribution in [3.05, 3.63) is 65.2 Å². The molecule has 1 amide bonds. The Kier molecular flexibility index (Phi) is 3.89. The summed E-state index contributed by atoms with van der Waals surface area (Å²) in [7, 11) is 0. The highest BCUT2D eigenvalue weighted by atomic mass is 19.1. The number of ketones is 1. The van der Waals surface area contributed by atoms with Crippen LogP contribution in [0.25, 0.3) is 0 Å². The van der Waals surface area contributed by atoms with E-state index in [-0.39, 0.29) is 11.3 Å². The Hall–Kier alpha value is -2.56. The van der Waals surface area contributed by atoms with Crippen molar-refractivity contribution in [2.45, 2.75) is 6.92 Å². The van der Waals surface area contributed by atoms with Gasteiger partial charge in [-0.15, -0.1) is 0 Å². The lowest BCUT2D eigenvalue weighted by Crippen LogP contribution is -2.14. The quantitative estimate of drug-likeness (QED) is 0.872. The Morgan fingerprint density at radius 1 is 1.00 bits per heavy atom. The van der Waals surface area contributed by atoms with Gasteiger partial charge in [0.25, 0.3) is 5.91 Å². The van der Waals surface area contributed by atoms with E-state index >= 15 is 0 Å². The Morgan fingerprint density at radius 2 is 1.65 bits per heavy atom. The van der Waals surface area contributed by atoms with E-state index in [1.54, 1.807) is 12.1 Å². The van der Waals surface area contributed by atoms with Crippen LogP contribution in [-0.2, 0) is 0 Å². The Bertz CT molecular complexity index is 666. The fourth-order valence-electron chi connectivity index (χ4n) is 1.66. The lowest BCUT2D eigenvalue weighted by Gasteiger charge is -2.06. The van der Waals surface area contributed by atoms with Crippen molar-refractivity contribution in [2.75, 3.05) is 5.32 Å². The second-order valence-corrected chi connectivity index (χ2v) is 4.21. The van der Waals surface area contributed by atoms with Gasteiger partial charge in [-0.05, 0) is 43.3 Å². The van der Waals surface area contributed by atoms with E-state index in [4.69, 9.17) is 0 Å². The molecule has 0 bridgehead atoms. The first kappa shape index (κ1) is 13.9. The van der Waals surface area contributed by atoms with Crippen LogP contribution in [0.3, 0.4) is 0 Å². The van der Waals surface area contributed by atoms with E-state index < -0.39 is 17.5 Å². The molecule has 2 aromatic rings. The second-order valence-electron chi connectivity index (χ2n) is 4.21. The lowest BCUT2D eigenvalue weighted by atomic mass is 10.1. The molecule has 0 saturated carbocycles. The molecule has 0 spiro atoms. The first-order valence-electron chi connectivity index (χ1n) is 5.85. The van der Waals surface area contributed by atoms with Gasteiger partial charge in [0, 0.05) is 17.3 Å². The van der Waals surface area contributed by atoms with Gasteiger partial charge >= 0.3 is 0 Å². The molecule has 3 nitrogen and oxygen atoms in total. The number of nitrogens with one attached hydrogen (secondary N) is 1. The van der Waals surface area contributed by atoms with E-state index in [0.29, 0.717) is 17.3 Å². The summed E-state index contributed by atoms with van der Waals surface area (Å²) in [5, 5.41) is 2.47. The van der Waals surface area contributed by atoms with Crippen molar-refractivity contribution in [1.82, 2.24) is 0 Å². The average molecular weight is 275 g/mol. The Labute approximate surface area is 114 Å². The van der Waals surface area contributed by atoms with Crippen LogP contribution in [0, 0.1) is 11.6 Å². The summed E-state index contributed by atoms with van der Waals surface area (Å²) >= 11 is 0. The highest BCUT2D eigenvalue weighted by Gasteiger charge is 2.12.